The number of nitrogens with one attached hydrogen (secondary N) is 1. The van der Waals surface area contributed by atoms with Crippen molar-refractivity contribution in [2.75, 3.05) is 0 Å². The van der Waals surface area contributed by atoms with E-state index in [2.05, 4.69) is 25.5 Å². The molecule has 0 saturated carbocycles. The molecule has 0 atom stereocenters. The summed E-state index contributed by atoms with van der Waals surface area (Å²) in [6, 6.07) is 2.99. The first kappa shape index (κ1) is 18.8. The summed E-state index contributed by atoms with van der Waals surface area (Å²) in [5.41, 5.74) is -0.00510. The van der Waals surface area contributed by atoms with Crippen LogP contribution in [0.5, 0.6) is 0 Å². The molecular weight excluding hydrogens is 329 g/mol. The Kier molecular flexibility index (Phi) is 5.42. The standard InChI is InChI=1S/C15H23Cl2NO2S/c1-10-11(16)7-8-12(13(10)17)21(19,20)18-15(5,6)9-14(2,3)4/h7-8,18H,9H2,1-6H3. The van der Waals surface area contributed by atoms with Gasteiger partial charge >= 0.3 is 0 Å². The summed E-state index contributed by atoms with van der Waals surface area (Å²) in [5.74, 6) is 0. The minimum Gasteiger partial charge on any atom is -0.207 e. The smallest absolute Gasteiger partial charge is 0.207 e. The predicted octanol–water partition coefficient (Wildman–Crippen LogP) is 4.79. The van der Waals surface area contributed by atoms with Gasteiger partial charge in [-0.15, -0.1) is 0 Å². The van der Waals surface area contributed by atoms with Crippen LogP contribution in [0.1, 0.15) is 46.6 Å². The molecule has 0 heterocycles. The van der Waals surface area contributed by atoms with Crippen molar-refractivity contribution >= 4 is 33.2 Å². The maximum absolute atomic E-state index is 12.6. The van der Waals surface area contributed by atoms with Crippen LogP contribution in [0.3, 0.4) is 0 Å². The molecule has 0 aliphatic rings. The van der Waals surface area contributed by atoms with Gasteiger partial charge in [-0.3, -0.25) is 0 Å². The molecule has 21 heavy (non-hydrogen) atoms. The molecule has 3 nitrogen and oxygen atoms in total. The van der Waals surface area contributed by atoms with Crippen LogP contribution in [-0.2, 0) is 10.0 Å². The molecule has 6 heteroatoms. The van der Waals surface area contributed by atoms with E-state index >= 15 is 0 Å². The fourth-order valence-electron chi connectivity index (χ4n) is 2.62. The first-order valence-corrected chi connectivity index (χ1v) is 8.98. The van der Waals surface area contributed by atoms with Crippen LogP contribution in [0.2, 0.25) is 10.0 Å². The Hall–Kier alpha value is -0.290. The number of hydrogen-bond donors (Lipinski definition) is 1. The van der Waals surface area contributed by atoms with Gasteiger partial charge in [0.15, 0.2) is 0 Å². The Labute approximate surface area is 138 Å². The van der Waals surface area contributed by atoms with Crippen LogP contribution in [0, 0.1) is 12.3 Å². The summed E-state index contributed by atoms with van der Waals surface area (Å²) in [4.78, 5) is 0.0630. The predicted molar refractivity (Wildman–Crippen MR) is 89.7 cm³/mol. The van der Waals surface area contributed by atoms with E-state index in [0.717, 1.165) is 0 Å². The van der Waals surface area contributed by atoms with E-state index in [-0.39, 0.29) is 15.3 Å². The van der Waals surface area contributed by atoms with Crippen LogP contribution < -0.4 is 4.72 Å². The summed E-state index contributed by atoms with van der Waals surface area (Å²) in [6.07, 6.45) is 0.698. The zero-order valence-corrected chi connectivity index (χ0v) is 15.7. The zero-order chi connectivity index (χ0) is 16.6. The van der Waals surface area contributed by atoms with Gasteiger partial charge in [0, 0.05) is 10.6 Å². The monoisotopic (exact) mass is 351 g/mol. The van der Waals surface area contributed by atoms with Gasteiger partial charge in [-0.25, -0.2) is 13.1 Å². The van der Waals surface area contributed by atoms with Gasteiger partial charge in [-0.05, 0) is 50.3 Å². The van der Waals surface area contributed by atoms with Crippen LogP contribution in [0.15, 0.2) is 17.0 Å². The number of halogens is 2. The summed E-state index contributed by atoms with van der Waals surface area (Å²) in [5, 5.41) is 0.620. The summed E-state index contributed by atoms with van der Waals surface area (Å²) >= 11 is 12.1. The molecule has 0 bridgehead atoms. The third-order valence-electron chi connectivity index (χ3n) is 2.96. The lowest BCUT2D eigenvalue weighted by Crippen LogP contribution is -2.45. The van der Waals surface area contributed by atoms with Crippen molar-refractivity contribution in [3.8, 4) is 0 Å². The van der Waals surface area contributed by atoms with Crippen LogP contribution in [-0.4, -0.2) is 14.0 Å². The van der Waals surface area contributed by atoms with Gasteiger partial charge in [-0.2, -0.15) is 0 Å². The van der Waals surface area contributed by atoms with Crippen molar-refractivity contribution in [3.05, 3.63) is 27.7 Å². The average Bonchev–Trinajstić information content (AvgIpc) is 2.20. The van der Waals surface area contributed by atoms with E-state index in [1.165, 1.54) is 6.07 Å². The highest BCUT2D eigenvalue weighted by Gasteiger charge is 2.31. The molecular formula is C15H23Cl2NO2S. The molecule has 120 valence electrons. The lowest BCUT2D eigenvalue weighted by molar-refractivity contribution is 0.269. The molecule has 0 fully saturated rings. The molecule has 0 saturated heterocycles. The van der Waals surface area contributed by atoms with Crippen molar-refractivity contribution < 1.29 is 8.42 Å². The maximum Gasteiger partial charge on any atom is 0.242 e. The second-order valence-electron chi connectivity index (χ2n) is 7.21. The van der Waals surface area contributed by atoms with Gasteiger partial charge in [0.2, 0.25) is 10.0 Å². The number of benzene rings is 1. The van der Waals surface area contributed by atoms with Crippen molar-refractivity contribution in [1.82, 2.24) is 4.72 Å². The Morgan fingerprint density at radius 2 is 1.62 bits per heavy atom. The Morgan fingerprint density at radius 3 is 2.10 bits per heavy atom. The second-order valence-corrected chi connectivity index (χ2v) is 9.65. The largest absolute Gasteiger partial charge is 0.242 e. The van der Waals surface area contributed by atoms with Gasteiger partial charge < -0.3 is 0 Å². The lowest BCUT2D eigenvalue weighted by Gasteiger charge is -2.33. The van der Waals surface area contributed by atoms with Gasteiger partial charge in [-0.1, -0.05) is 44.0 Å². The highest BCUT2D eigenvalue weighted by Crippen LogP contribution is 2.32. The van der Waals surface area contributed by atoms with E-state index in [0.29, 0.717) is 17.0 Å². The van der Waals surface area contributed by atoms with E-state index in [1.807, 2.05) is 13.8 Å². The van der Waals surface area contributed by atoms with E-state index < -0.39 is 15.6 Å². The maximum atomic E-state index is 12.6. The normalized spacial score (nSPS) is 13.5. The first-order chi connectivity index (χ1) is 9.25. The minimum absolute atomic E-state index is 0.00568. The highest BCUT2D eigenvalue weighted by molar-refractivity contribution is 7.89. The van der Waals surface area contributed by atoms with Gasteiger partial charge in [0.05, 0.1) is 5.02 Å². The number of sulfonamides is 1. The van der Waals surface area contributed by atoms with E-state index in [9.17, 15) is 8.42 Å². The Bertz CT molecular complexity index is 632. The Morgan fingerprint density at radius 1 is 1.10 bits per heavy atom. The average molecular weight is 352 g/mol. The van der Waals surface area contributed by atoms with Crippen LogP contribution >= 0.6 is 23.2 Å². The molecule has 0 unspecified atom stereocenters. The third kappa shape index (κ3) is 5.13. The van der Waals surface area contributed by atoms with Crippen molar-refractivity contribution in [1.29, 1.82) is 0 Å². The molecule has 0 aromatic heterocycles. The summed E-state index contributed by atoms with van der Waals surface area (Å²) in [6.45, 7) is 11.6. The Balaban J connectivity index is 3.16. The molecule has 1 rings (SSSR count). The van der Waals surface area contributed by atoms with Gasteiger partial charge in [0.25, 0.3) is 0 Å². The number of hydrogen-bond acceptors (Lipinski definition) is 2. The molecule has 0 aliphatic carbocycles. The zero-order valence-electron chi connectivity index (χ0n) is 13.3. The van der Waals surface area contributed by atoms with E-state index in [1.54, 1.807) is 13.0 Å². The van der Waals surface area contributed by atoms with Crippen molar-refractivity contribution in [2.45, 2.75) is 58.4 Å². The highest BCUT2D eigenvalue weighted by atomic mass is 35.5. The van der Waals surface area contributed by atoms with Crippen molar-refractivity contribution in [3.63, 3.8) is 0 Å². The fraction of sp³-hybridized carbons (Fsp3) is 0.600. The summed E-state index contributed by atoms with van der Waals surface area (Å²) in [7, 11) is -3.70. The topological polar surface area (TPSA) is 46.2 Å². The SMILES string of the molecule is Cc1c(Cl)ccc(S(=O)(=O)NC(C)(C)CC(C)(C)C)c1Cl. The summed E-state index contributed by atoms with van der Waals surface area (Å²) < 4.78 is 27.9. The first-order valence-electron chi connectivity index (χ1n) is 6.74. The molecule has 1 N–H and O–H groups in total. The molecule has 1 aromatic rings. The fourth-order valence-corrected chi connectivity index (χ4v) is 4.85. The molecule has 1 aromatic carbocycles. The number of rotatable bonds is 4. The second kappa shape index (κ2) is 6.07. The van der Waals surface area contributed by atoms with Gasteiger partial charge in [0.1, 0.15) is 4.90 Å². The quantitative estimate of drug-likeness (QED) is 0.846. The lowest BCUT2D eigenvalue weighted by atomic mass is 9.82. The molecule has 0 amide bonds. The van der Waals surface area contributed by atoms with Crippen LogP contribution in [0.4, 0.5) is 0 Å². The third-order valence-corrected chi connectivity index (χ3v) is 5.71. The molecule has 0 spiro atoms. The van der Waals surface area contributed by atoms with Crippen molar-refractivity contribution in [2.24, 2.45) is 5.41 Å². The van der Waals surface area contributed by atoms with E-state index in [4.69, 9.17) is 23.2 Å². The van der Waals surface area contributed by atoms with Crippen LogP contribution in [0.25, 0.3) is 0 Å². The molecule has 0 aliphatic heterocycles. The minimum atomic E-state index is -3.70. The molecule has 0 radical (unpaired) electrons.